The van der Waals surface area contributed by atoms with Crippen LogP contribution in [0.25, 0.3) is 0 Å². The van der Waals surface area contributed by atoms with Crippen LogP contribution in [0.1, 0.15) is 36.8 Å². The van der Waals surface area contributed by atoms with E-state index < -0.39 is 10.0 Å². The molecule has 0 aromatic heterocycles. The molecule has 148 valence electrons. The van der Waals surface area contributed by atoms with Crippen LogP contribution in [0, 0.1) is 5.92 Å². The van der Waals surface area contributed by atoms with Crippen molar-refractivity contribution in [3.8, 4) is 0 Å². The number of likely N-dealkylation sites (tertiary alicyclic amines) is 1. The Kier molecular flexibility index (Phi) is 6.16. The lowest BCUT2D eigenvalue weighted by molar-refractivity contribution is -0.128. The molecule has 0 saturated carbocycles. The average molecular weight is 394 g/mol. The Morgan fingerprint density at radius 3 is 2.30 bits per heavy atom. The minimum Gasteiger partial charge on any atom is -0.352 e. The molecule has 8 heteroatoms. The van der Waals surface area contributed by atoms with E-state index in [1.165, 1.54) is 10.6 Å². The molecular formula is C19H27N3O4S. The zero-order valence-electron chi connectivity index (χ0n) is 15.7. The molecular weight excluding hydrogens is 366 g/mol. The van der Waals surface area contributed by atoms with Gasteiger partial charge in [-0.3, -0.25) is 9.59 Å². The molecule has 0 atom stereocenters. The van der Waals surface area contributed by atoms with E-state index in [2.05, 4.69) is 5.32 Å². The molecule has 2 heterocycles. The third-order valence-electron chi connectivity index (χ3n) is 5.33. The molecule has 2 aliphatic heterocycles. The van der Waals surface area contributed by atoms with E-state index in [0.717, 1.165) is 24.1 Å². The van der Waals surface area contributed by atoms with E-state index in [-0.39, 0.29) is 17.7 Å². The van der Waals surface area contributed by atoms with Crippen LogP contribution in [-0.4, -0.2) is 55.3 Å². The summed E-state index contributed by atoms with van der Waals surface area (Å²) < 4.78 is 24.5. The maximum atomic E-state index is 12.3. The van der Waals surface area contributed by atoms with Crippen molar-refractivity contribution in [3.63, 3.8) is 0 Å². The average Bonchev–Trinajstić information content (AvgIpc) is 3.05. The first-order valence-electron chi connectivity index (χ1n) is 9.41. The number of amides is 2. The van der Waals surface area contributed by atoms with Gasteiger partial charge in [0.2, 0.25) is 21.8 Å². The molecule has 0 bridgehead atoms. The number of carbonyl (C=O) groups excluding carboxylic acids is 2. The van der Waals surface area contributed by atoms with Crippen molar-refractivity contribution in [1.82, 2.24) is 14.5 Å². The summed E-state index contributed by atoms with van der Waals surface area (Å²) >= 11 is 0. The first-order chi connectivity index (χ1) is 12.8. The minimum atomic E-state index is -3.17. The first kappa shape index (κ1) is 19.8. The highest BCUT2D eigenvalue weighted by molar-refractivity contribution is 7.88. The lowest BCUT2D eigenvalue weighted by Gasteiger charge is -2.29. The SMILES string of the molecule is CS(=O)(=O)N1CCC(C(=O)NCc2ccc(CN3CCCC3=O)cc2)CC1. The number of nitrogens with zero attached hydrogens (tertiary/aromatic N) is 2. The highest BCUT2D eigenvalue weighted by Crippen LogP contribution is 2.19. The largest absolute Gasteiger partial charge is 0.352 e. The van der Waals surface area contributed by atoms with E-state index in [4.69, 9.17) is 0 Å². The monoisotopic (exact) mass is 393 g/mol. The predicted octanol–water partition coefficient (Wildman–Crippen LogP) is 1.10. The van der Waals surface area contributed by atoms with Crippen LogP contribution in [-0.2, 0) is 32.7 Å². The third-order valence-corrected chi connectivity index (χ3v) is 6.63. The summed E-state index contributed by atoms with van der Waals surface area (Å²) in [5.74, 6) is 0.0617. The van der Waals surface area contributed by atoms with E-state index in [1.807, 2.05) is 29.2 Å². The van der Waals surface area contributed by atoms with Gasteiger partial charge in [0.25, 0.3) is 0 Å². The standard InChI is InChI=1S/C19H27N3O4S/c1-27(25,26)22-11-8-17(9-12-22)19(24)20-13-15-4-6-16(7-5-15)14-21-10-2-3-18(21)23/h4-7,17H,2-3,8-14H2,1H3,(H,20,24). The van der Waals surface area contributed by atoms with Crippen molar-refractivity contribution in [2.45, 2.75) is 38.8 Å². The maximum Gasteiger partial charge on any atom is 0.223 e. The van der Waals surface area contributed by atoms with Gasteiger partial charge in [0.15, 0.2) is 0 Å². The number of hydrogen-bond acceptors (Lipinski definition) is 4. The topological polar surface area (TPSA) is 86.8 Å². The zero-order valence-corrected chi connectivity index (χ0v) is 16.5. The Labute approximate surface area is 160 Å². The van der Waals surface area contributed by atoms with E-state index in [0.29, 0.717) is 45.4 Å². The number of piperidine rings is 1. The van der Waals surface area contributed by atoms with Crippen molar-refractivity contribution in [2.24, 2.45) is 5.92 Å². The number of sulfonamides is 1. The van der Waals surface area contributed by atoms with Crippen LogP contribution in [0.5, 0.6) is 0 Å². The van der Waals surface area contributed by atoms with Gasteiger partial charge in [0.05, 0.1) is 6.26 Å². The second-order valence-corrected chi connectivity index (χ2v) is 9.37. The van der Waals surface area contributed by atoms with Gasteiger partial charge in [-0.2, -0.15) is 0 Å². The molecule has 1 aromatic carbocycles. The number of rotatable bonds is 6. The van der Waals surface area contributed by atoms with Crippen molar-refractivity contribution in [2.75, 3.05) is 25.9 Å². The van der Waals surface area contributed by atoms with Gasteiger partial charge in [0.1, 0.15) is 0 Å². The van der Waals surface area contributed by atoms with Crippen molar-refractivity contribution in [3.05, 3.63) is 35.4 Å². The highest BCUT2D eigenvalue weighted by atomic mass is 32.2. The molecule has 3 rings (SSSR count). The van der Waals surface area contributed by atoms with E-state index >= 15 is 0 Å². The summed E-state index contributed by atoms with van der Waals surface area (Å²) in [6, 6.07) is 7.94. The summed E-state index contributed by atoms with van der Waals surface area (Å²) in [5.41, 5.74) is 2.10. The fraction of sp³-hybridized carbons (Fsp3) is 0.579. The normalized spacial score (nSPS) is 19.4. The second kappa shape index (κ2) is 8.39. The molecule has 27 heavy (non-hydrogen) atoms. The van der Waals surface area contributed by atoms with Gasteiger partial charge in [-0.15, -0.1) is 0 Å². The first-order valence-corrected chi connectivity index (χ1v) is 11.3. The van der Waals surface area contributed by atoms with E-state index in [9.17, 15) is 18.0 Å². The van der Waals surface area contributed by atoms with Crippen molar-refractivity contribution >= 4 is 21.8 Å². The third kappa shape index (κ3) is 5.29. The fourth-order valence-electron chi connectivity index (χ4n) is 3.64. The van der Waals surface area contributed by atoms with Crippen LogP contribution in [0.3, 0.4) is 0 Å². The number of benzene rings is 1. The second-order valence-electron chi connectivity index (χ2n) is 7.39. The molecule has 1 aromatic rings. The lowest BCUT2D eigenvalue weighted by Crippen LogP contribution is -2.42. The van der Waals surface area contributed by atoms with E-state index in [1.54, 1.807) is 0 Å². The van der Waals surface area contributed by atoms with Crippen LogP contribution in [0.2, 0.25) is 0 Å². The number of carbonyl (C=O) groups is 2. The molecule has 2 saturated heterocycles. The Hall–Kier alpha value is -1.93. The van der Waals surface area contributed by atoms with Crippen molar-refractivity contribution < 1.29 is 18.0 Å². The molecule has 7 nitrogen and oxygen atoms in total. The zero-order chi connectivity index (χ0) is 19.4. The molecule has 2 aliphatic rings. The minimum absolute atomic E-state index is 0.0186. The Balaban J connectivity index is 1.44. The number of hydrogen-bond donors (Lipinski definition) is 1. The van der Waals surface area contributed by atoms with Gasteiger partial charge in [-0.05, 0) is 30.4 Å². The van der Waals surface area contributed by atoms with Crippen LogP contribution in [0.4, 0.5) is 0 Å². The summed E-state index contributed by atoms with van der Waals surface area (Å²) in [4.78, 5) is 25.9. The van der Waals surface area contributed by atoms with Crippen LogP contribution in [0.15, 0.2) is 24.3 Å². The summed E-state index contributed by atoms with van der Waals surface area (Å²) in [6.07, 6.45) is 3.90. The highest BCUT2D eigenvalue weighted by Gasteiger charge is 2.28. The number of nitrogens with one attached hydrogen (secondary N) is 1. The molecule has 1 N–H and O–H groups in total. The van der Waals surface area contributed by atoms with Gasteiger partial charge < -0.3 is 10.2 Å². The molecule has 0 unspecified atom stereocenters. The Bertz CT molecular complexity index is 784. The molecule has 0 spiro atoms. The Morgan fingerprint density at radius 2 is 1.74 bits per heavy atom. The maximum absolute atomic E-state index is 12.3. The van der Waals surface area contributed by atoms with Crippen LogP contribution < -0.4 is 5.32 Å². The summed E-state index contributed by atoms with van der Waals surface area (Å²) in [5, 5.41) is 2.95. The quantitative estimate of drug-likeness (QED) is 0.784. The lowest BCUT2D eigenvalue weighted by atomic mass is 9.97. The molecule has 0 aliphatic carbocycles. The van der Waals surface area contributed by atoms with Gasteiger partial charge in [0, 0.05) is 45.1 Å². The fourth-order valence-corrected chi connectivity index (χ4v) is 4.51. The molecule has 2 fully saturated rings. The smallest absolute Gasteiger partial charge is 0.223 e. The molecule has 2 amide bonds. The van der Waals surface area contributed by atoms with Gasteiger partial charge >= 0.3 is 0 Å². The van der Waals surface area contributed by atoms with Crippen molar-refractivity contribution in [1.29, 1.82) is 0 Å². The van der Waals surface area contributed by atoms with Gasteiger partial charge in [-0.1, -0.05) is 24.3 Å². The van der Waals surface area contributed by atoms with Crippen LogP contribution >= 0.6 is 0 Å². The Morgan fingerprint density at radius 1 is 1.11 bits per heavy atom. The predicted molar refractivity (Wildman–Crippen MR) is 102 cm³/mol. The summed E-state index contributed by atoms with van der Waals surface area (Å²) in [6.45, 7) is 2.73. The van der Waals surface area contributed by atoms with Gasteiger partial charge in [-0.25, -0.2) is 12.7 Å². The summed E-state index contributed by atoms with van der Waals surface area (Å²) in [7, 11) is -3.17. The molecule has 0 radical (unpaired) electrons.